The highest BCUT2D eigenvalue weighted by molar-refractivity contribution is 5.22. The molecule has 1 aromatic rings. The first-order chi connectivity index (χ1) is 7.26. The Bertz CT molecular complexity index is 276. The monoisotopic (exact) mass is 213 g/mol. The summed E-state index contributed by atoms with van der Waals surface area (Å²) in [5.74, 6) is 0.359. The van der Waals surface area contributed by atoms with Crippen LogP contribution in [0, 0.1) is 5.82 Å². The molecular weight excluding hydrogens is 197 g/mol. The first kappa shape index (κ1) is 11.9. The van der Waals surface area contributed by atoms with Crippen LogP contribution in [0.5, 0.6) is 5.75 Å². The Morgan fingerprint density at radius 2 is 2.07 bits per heavy atom. The van der Waals surface area contributed by atoms with Gasteiger partial charge in [0.2, 0.25) is 0 Å². The number of nitrogens with one attached hydrogen (secondary N) is 1. The lowest BCUT2D eigenvalue weighted by molar-refractivity contribution is 0.218. The third kappa shape index (κ3) is 4.27. The van der Waals surface area contributed by atoms with E-state index in [9.17, 15) is 4.39 Å². The van der Waals surface area contributed by atoms with Gasteiger partial charge in [0, 0.05) is 12.6 Å². The van der Waals surface area contributed by atoms with Gasteiger partial charge in [-0.15, -0.1) is 0 Å². The molecule has 0 aliphatic carbocycles. The SMILES string of the molecule is CNC(CCO)COc1ccc(F)cc1. The van der Waals surface area contributed by atoms with E-state index in [-0.39, 0.29) is 18.5 Å². The molecule has 1 atom stereocenters. The summed E-state index contributed by atoms with van der Waals surface area (Å²) in [4.78, 5) is 0. The van der Waals surface area contributed by atoms with Crippen LogP contribution in [-0.2, 0) is 0 Å². The van der Waals surface area contributed by atoms with E-state index >= 15 is 0 Å². The van der Waals surface area contributed by atoms with Crippen LogP contribution < -0.4 is 10.1 Å². The Labute approximate surface area is 88.9 Å². The first-order valence-electron chi connectivity index (χ1n) is 4.92. The maximum atomic E-state index is 12.6. The molecule has 0 bridgehead atoms. The Kier molecular flexibility index (Phi) is 5.07. The molecule has 3 nitrogen and oxygen atoms in total. The van der Waals surface area contributed by atoms with E-state index in [0.29, 0.717) is 18.8 Å². The summed E-state index contributed by atoms with van der Waals surface area (Å²) in [7, 11) is 1.81. The predicted molar refractivity (Wildman–Crippen MR) is 56.4 cm³/mol. The van der Waals surface area contributed by atoms with Crippen LogP contribution in [0.25, 0.3) is 0 Å². The standard InChI is InChI=1S/C11H16FNO2/c1-13-10(6-7-14)8-15-11-4-2-9(12)3-5-11/h2-5,10,13-14H,6-8H2,1H3. The Hall–Kier alpha value is -1.13. The van der Waals surface area contributed by atoms with Crippen molar-refractivity contribution in [1.82, 2.24) is 5.32 Å². The lowest BCUT2D eigenvalue weighted by atomic mass is 10.2. The van der Waals surface area contributed by atoms with Crippen LogP contribution in [0.15, 0.2) is 24.3 Å². The minimum absolute atomic E-state index is 0.111. The number of ether oxygens (including phenoxy) is 1. The largest absolute Gasteiger partial charge is 0.492 e. The number of benzene rings is 1. The quantitative estimate of drug-likeness (QED) is 0.745. The molecule has 1 aromatic carbocycles. The van der Waals surface area contributed by atoms with Crippen LogP contribution in [-0.4, -0.2) is 31.4 Å². The summed E-state index contributed by atoms with van der Waals surface area (Å²) >= 11 is 0. The van der Waals surface area contributed by atoms with Crippen molar-refractivity contribution in [2.75, 3.05) is 20.3 Å². The van der Waals surface area contributed by atoms with Gasteiger partial charge in [-0.05, 0) is 37.7 Å². The normalized spacial score (nSPS) is 12.5. The number of aliphatic hydroxyl groups excluding tert-OH is 1. The molecule has 1 unspecified atom stereocenters. The highest BCUT2D eigenvalue weighted by Gasteiger charge is 2.05. The number of likely N-dealkylation sites (N-methyl/N-ethyl adjacent to an activating group) is 1. The Balaban J connectivity index is 2.38. The van der Waals surface area contributed by atoms with E-state index in [4.69, 9.17) is 9.84 Å². The maximum Gasteiger partial charge on any atom is 0.123 e. The zero-order valence-electron chi connectivity index (χ0n) is 8.74. The summed E-state index contributed by atoms with van der Waals surface area (Å²) in [5.41, 5.74) is 0. The Morgan fingerprint density at radius 1 is 1.40 bits per heavy atom. The number of aliphatic hydroxyl groups is 1. The third-order valence-electron chi connectivity index (χ3n) is 2.15. The van der Waals surface area contributed by atoms with E-state index in [1.165, 1.54) is 12.1 Å². The van der Waals surface area contributed by atoms with Gasteiger partial charge in [0.05, 0.1) is 0 Å². The molecular formula is C11H16FNO2. The van der Waals surface area contributed by atoms with Gasteiger partial charge in [-0.2, -0.15) is 0 Å². The average Bonchev–Trinajstić information content (AvgIpc) is 2.26. The van der Waals surface area contributed by atoms with Crippen molar-refractivity contribution in [2.45, 2.75) is 12.5 Å². The van der Waals surface area contributed by atoms with E-state index in [1.54, 1.807) is 12.1 Å². The lowest BCUT2D eigenvalue weighted by Gasteiger charge is -2.15. The van der Waals surface area contributed by atoms with E-state index in [2.05, 4.69) is 5.32 Å². The molecule has 0 radical (unpaired) electrons. The predicted octanol–water partition coefficient (Wildman–Crippen LogP) is 1.17. The molecule has 4 heteroatoms. The van der Waals surface area contributed by atoms with E-state index in [1.807, 2.05) is 7.05 Å². The van der Waals surface area contributed by atoms with Gasteiger partial charge < -0.3 is 15.2 Å². The second kappa shape index (κ2) is 6.37. The van der Waals surface area contributed by atoms with E-state index in [0.717, 1.165) is 0 Å². The van der Waals surface area contributed by atoms with Crippen LogP contribution in [0.4, 0.5) is 4.39 Å². The molecule has 15 heavy (non-hydrogen) atoms. The van der Waals surface area contributed by atoms with Gasteiger partial charge in [-0.1, -0.05) is 0 Å². The molecule has 0 aliphatic heterocycles. The molecule has 0 spiro atoms. The van der Waals surface area contributed by atoms with Crippen LogP contribution >= 0.6 is 0 Å². The molecule has 0 aliphatic rings. The summed E-state index contributed by atoms with van der Waals surface area (Å²) in [5, 5.41) is 11.8. The minimum atomic E-state index is -0.275. The second-order valence-corrected chi connectivity index (χ2v) is 3.26. The highest BCUT2D eigenvalue weighted by Crippen LogP contribution is 2.11. The zero-order chi connectivity index (χ0) is 11.1. The van der Waals surface area contributed by atoms with Gasteiger partial charge in [-0.25, -0.2) is 4.39 Å². The zero-order valence-corrected chi connectivity index (χ0v) is 8.74. The van der Waals surface area contributed by atoms with Gasteiger partial charge in [0.25, 0.3) is 0 Å². The van der Waals surface area contributed by atoms with Crippen molar-refractivity contribution >= 4 is 0 Å². The third-order valence-corrected chi connectivity index (χ3v) is 2.15. The summed E-state index contributed by atoms with van der Waals surface area (Å²) < 4.78 is 18.0. The first-order valence-corrected chi connectivity index (χ1v) is 4.92. The van der Waals surface area contributed by atoms with Gasteiger partial charge in [0.1, 0.15) is 18.2 Å². The fraction of sp³-hybridized carbons (Fsp3) is 0.455. The average molecular weight is 213 g/mol. The van der Waals surface area contributed by atoms with Crippen LogP contribution in [0.2, 0.25) is 0 Å². The van der Waals surface area contributed by atoms with Crippen molar-refractivity contribution in [1.29, 1.82) is 0 Å². The topological polar surface area (TPSA) is 41.5 Å². The van der Waals surface area contributed by atoms with Crippen LogP contribution in [0.3, 0.4) is 0 Å². The molecule has 2 N–H and O–H groups in total. The number of hydrogen-bond acceptors (Lipinski definition) is 3. The molecule has 0 aromatic heterocycles. The summed E-state index contributed by atoms with van der Waals surface area (Å²) in [6.45, 7) is 0.584. The number of hydrogen-bond donors (Lipinski definition) is 2. The molecule has 0 amide bonds. The minimum Gasteiger partial charge on any atom is -0.492 e. The van der Waals surface area contributed by atoms with E-state index < -0.39 is 0 Å². The molecule has 0 fully saturated rings. The van der Waals surface area contributed by atoms with Gasteiger partial charge in [0.15, 0.2) is 0 Å². The number of rotatable bonds is 6. The van der Waals surface area contributed by atoms with Crippen LogP contribution in [0.1, 0.15) is 6.42 Å². The smallest absolute Gasteiger partial charge is 0.123 e. The summed E-state index contributed by atoms with van der Waals surface area (Å²) in [6, 6.07) is 5.99. The maximum absolute atomic E-state index is 12.6. The van der Waals surface area contributed by atoms with Crippen molar-refractivity contribution in [3.05, 3.63) is 30.1 Å². The summed E-state index contributed by atoms with van der Waals surface area (Å²) in [6.07, 6.45) is 0.637. The fourth-order valence-electron chi connectivity index (χ4n) is 1.19. The lowest BCUT2D eigenvalue weighted by Crippen LogP contribution is -2.32. The van der Waals surface area contributed by atoms with Crippen molar-refractivity contribution in [3.63, 3.8) is 0 Å². The van der Waals surface area contributed by atoms with Crippen molar-refractivity contribution in [2.24, 2.45) is 0 Å². The van der Waals surface area contributed by atoms with Crippen molar-refractivity contribution < 1.29 is 14.2 Å². The van der Waals surface area contributed by atoms with Gasteiger partial charge >= 0.3 is 0 Å². The van der Waals surface area contributed by atoms with Crippen molar-refractivity contribution in [3.8, 4) is 5.75 Å². The molecule has 0 heterocycles. The molecule has 84 valence electrons. The molecule has 1 rings (SSSR count). The highest BCUT2D eigenvalue weighted by atomic mass is 19.1. The molecule has 0 saturated carbocycles. The number of halogens is 1. The molecule has 0 saturated heterocycles. The Morgan fingerprint density at radius 3 is 2.60 bits per heavy atom. The second-order valence-electron chi connectivity index (χ2n) is 3.26. The fourth-order valence-corrected chi connectivity index (χ4v) is 1.19. The van der Waals surface area contributed by atoms with Gasteiger partial charge in [-0.3, -0.25) is 0 Å².